The van der Waals surface area contributed by atoms with Crippen LogP contribution < -0.4 is 10.6 Å². The largest absolute Gasteiger partial charge is 0.335 e. The fourth-order valence-electron chi connectivity index (χ4n) is 4.02. The fourth-order valence-corrected chi connectivity index (χ4v) is 4.02. The molecule has 1 aliphatic rings. The van der Waals surface area contributed by atoms with Crippen LogP contribution in [0.4, 0.5) is 4.79 Å². The highest BCUT2D eigenvalue weighted by Gasteiger charge is 2.38. The van der Waals surface area contributed by atoms with Gasteiger partial charge in [0.2, 0.25) is 0 Å². The van der Waals surface area contributed by atoms with Crippen LogP contribution in [0.2, 0.25) is 0 Å². The normalized spacial score (nSPS) is 19.7. The minimum atomic E-state index is 0.0364. The van der Waals surface area contributed by atoms with Gasteiger partial charge in [-0.1, -0.05) is 37.3 Å². The number of nitrogens with one attached hydrogen (secondary N) is 2. The molecule has 24 heavy (non-hydrogen) atoms. The molecule has 1 aromatic carbocycles. The summed E-state index contributed by atoms with van der Waals surface area (Å²) in [5.74, 6) is 0. The van der Waals surface area contributed by atoms with E-state index in [4.69, 9.17) is 0 Å². The average molecular weight is 332 g/mol. The molecule has 1 aromatic rings. The van der Waals surface area contributed by atoms with E-state index in [-0.39, 0.29) is 23.2 Å². The fraction of sp³-hybridized carbons (Fsp3) is 0.650. The third-order valence-corrected chi connectivity index (χ3v) is 4.51. The van der Waals surface area contributed by atoms with Crippen molar-refractivity contribution < 1.29 is 4.79 Å². The minimum absolute atomic E-state index is 0.0364. The highest BCUT2D eigenvalue weighted by atomic mass is 16.2. The molecule has 0 aliphatic carbocycles. The maximum absolute atomic E-state index is 12.8. The zero-order chi connectivity index (χ0) is 17.8. The number of benzene rings is 1. The minimum Gasteiger partial charge on any atom is -0.335 e. The number of rotatable bonds is 5. The second kappa shape index (κ2) is 7.56. The number of urea groups is 1. The second-order valence-electron chi connectivity index (χ2n) is 8.35. The third-order valence-electron chi connectivity index (χ3n) is 4.51. The second-order valence-corrected chi connectivity index (χ2v) is 8.35. The van der Waals surface area contributed by atoms with Crippen molar-refractivity contribution in [2.45, 2.75) is 77.5 Å². The van der Waals surface area contributed by atoms with Crippen molar-refractivity contribution in [2.75, 3.05) is 6.54 Å². The van der Waals surface area contributed by atoms with Gasteiger partial charge in [0.1, 0.15) is 0 Å². The molecule has 0 unspecified atom stereocenters. The summed E-state index contributed by atoms with van der Waals surface area (Å²) in [4.78, 5) is 14.8. The molecule has 2 rings (SSSR count). The van der Waals surface area contributed by atoms with E-state index >= 15 is 0 Å². The lowest BCUT2D eigenvalue weighted by Gasteiger charge is -2.47. The Morgan fingerprint density at radius 3 is 2.29 bits per heavy atom. The van der Waals surface area contributed by atoms with E-state index < -0.39 is 0 Å². The van der Waals surface area contributed by atoms with Crippen molar-refractivity contribution in [3.63, 3.8) is 0 Å². The summed E-state index contributed by atoms with van der Waals surface area (Å²) in [6.45, 7) is 12.4. The molecule has 1 saturated heterocycles. The monoisotopic (exact) mass is 331 g/mol. The molecule has 0 radical (unpaired) electrons. The molecule has 0 spiro atoms. The van der Waals surface area contributed by atoms with Gasteiger partial charge in [-0.25, -0.2) is 4.79 Å². The lowest BCUT2D eigenvalue weighted by molar-refractivity contribution is 0.138. The van der Waals surface area contributed by atoms with Gasteiger partial charge >= 0.3 is 6.03 Å². The first-order chi connectivity index (χ1) is 11.2. The first-order valence-electron chi connectivity index (χ1n) is 9.09. The standard InChI is InChI=1S/C20H33N3O/c1-6-12-23(15-16-10-8-7-9-11-16)18(24)21-17-13-19(2,3)22-20(4,5)14-17/h7-11,17,22H,6,12-15H2,1-5H3,(H,21,24). The van der Waals surface area contributed by atoms with Crippen molar-refractivity contribution in [3.05, 3.63) is 35.9 Å². The molecule has 4 nitrogen and oxygen atoms in total. The number of hydrogen-bond acceptors (Lipinski definition) is 2. The molecule has 0 saturated carbocycles. The molecular formula is C20H33N3O. The van der Waals surface area contributed by atoms with Crippen LogP contribution in [0.3, 0.4) is 0 Å². The summed E-state index contributed by atoms with van der Waals surface area (Å²) >= 11 is 0. The van der Waals surface area contributed by atoms with E-state index in [0.29, 0.717) is 6.54 Å². The molecule has 2 N–H and O–H groups in total. The first kappa shape index (κ1) is 18.8. The van der Waals surface area contributed by atoms with Crippen molar-refractivity contribution in [2.24, 2.45) is 0 Å². The van der Waals surface area contributed by atoms with E-state index in [1.165, 1.54) is 5.56 Å². The maximum Gasteiger partial charge on any atom is 0.317 e. The number of carbonyl (C=O) groups is 1. The van der Waals surface area contributed by atoms with E-state index in [0.717, 1.165) is 25.8 Å². The van der Waals surface area contributed by atoms with Gasteiger partial charge < -0.3 is 15.5 Å². The smallest absolute Gasteiger partial charge is 0.317 e. The Bertz CT molecular complexity index is 523. The quantitative estimate of drug-likeness (QED) is 0.859. The molecule has 4 heteroatoms. The van der Waals surface area contributed by atoms with E-state index in [1.54, 1.807) is 0 Å². The number of piperidine rings is 1. The number of hydrogen-bond donors (Lipinski definition) is 2. The highest BCUT2D eigenvalue weighted by Crippen LogP contribution is 2.28. The molecule has 1 aliphatic heterocycles. The summed E-state index contributed by atoms with van der Waals surface area (Å²) in [5.41, 5.74) is 1.25. The summed E-state index contributed by atoms with van der Waals surface area (Å²) in [6.07, 6.45) is 2.87. The number of nitrogens with zero attached hydrogens (tertiary/aromatic N) is 1. The average Bonchev–Trinajstić information content (AvgIpc) is 2.44. The van der Waals surface area contributed by atoms with Crippen molar-refractivity contribution in [3.8, 4) is 0 Å². The highest BCUT2D eigenvalue weighted by molar-refractivity contribution is 5.74. The summed E-state index contributed by atoms with van der Waals surface area (Å²) in [7, 11) is 0. The van der Waals surface area contributed by atoms with E-state index in [2.05, 4.69) is 57.4 Å². The van der Waals surface area contributed by atoms with Gasteiger partial charge in [-0.05, 0) is 52.5 Å². The Kier molecular flexibility index (Phi) is 5.92. The van der Waals surface area contributed by atoms with Crippen LogP contribution in [-0.4, -0.2) is 34.6 Å². The van der Waals surface area contributed by atoms with Crippen LogP contribution in [0.5, 0.6) is 0 Å². The van der Waals surface area contributed by atoms with Crippen LogP contribution in [0.15, 0.2) is 30.3 Å². The molecular weight excluding hydrogens is 298 g/mol. The third kappa shape index (κ3) is 5.52. The predicted molar refractivity (Wildman–Crippen MR) is 100.0 cm³/mol. The van der Waals surface area contributed by atoms with Gasteiger partial charge in [-0.2, -0.15) is 0 Å². The summed E-state index contributed by atoms with van der Waals surface area (Å²) in [5, 5.41) is 6.95. The summed E-state index contributed by atoms with van der Waals surface area (Å²) in [6, 6.07) is 10.5. The van der Waals surface area contributed by atoms with Gasteiger partial charge in [0, 0.05) is 30.2 Å². The topological polar surface area (TPSA) is 44.4 Å². The Balaban J connectivity index is 2.02. The Hall–Kier alpha value is -1.55. The SMILES string of the molecule is CCCN(Cc1ccccc1)C(=O)NC1CC(C)(C)NC(C)(C)C1. The van der Waals surface area contributed by atoms with Crippen molar-refractivity contribution in [1.29, 1.82) is 0 Å². The molecule has 134 valence electrons. The molecule has 0 bridgehead atoms. The van der Waals surface area contributed by atoms with Crippen molar-refractivity contribution >= 4 is 6.03 Å². The zero-order valence-corrected chi connectivity index (χ0v) is 15.9. The molecule has 1 fully saturated rings. The lowest BCUT2D eigenvalue weighted by atomic mass is 9.79. The number of carbonyl (C=O) groups excluding carboxylic acids is 1. The number of amides is 2. The van der Waals surface area contributed by atoms with Crippen LogP contribution in [0.1, 0.15) is 59.4 Å². The van der Waals surface area contributed by atoms with Crippen LogP contribution in [0, 0.1) is 0 Å². The van der Waals surface area contributed by atoms with Gasteiger partial charge in [-0.15, -0.1) is 0 Å². The Labute approximate surface area is 147 Å². The van der Waals surface area contributed by atoms with Gasteiger partial charge in [0.25, 0.3) is 0 Å². The molecule has 2 amide bonds. The molecule has 0 atom stereocenters. The zero-order valence-electron chi connectivity index (χ0n) is 15.9. The van der Waals surface area contributed by atoms with Gasteiger partial charge in [-0.3, -0.25) is 0 Å². The maximum atomic E-state index is 12.8. The summed E-state index contributed by atoms with van der Waals surface area (Å²) < 4.78 is 0. The van der Waals surface area contributed by atoms with Crippen LogP contribution in [-0.2, 0) is 6.54 Å². The molecule has 0 aromatic heterocycles. The van der Waals surface area contributed by atoms with Crippen LogP contribution in [0.25, 0.3) is 0 Å². The van der Waals surface area contributed by atoms with E-state index in [1.807, 2.05) is 23.1 Å². The van der Waals surface area contributed by atoms with Crippen LogP contribution >= 0.6 is 0 Å². The van der Waals surface area contributed by atoms with E-state index in [9.17, 15) is 4.79 Å². The Morgan fingerprint density at radius 1 is 1.17 bits per heavy atom. The Morgan fingerprint density at radius 2 is 1.75 bits per heavy atom. The van der Waals surface area contributed by atoms with Crippen molar-refractivity contribution in [1.82, 2.24) is 15.5 Å². The van der Waals surface area contributed by atoms with Gasteiger partial charge in [0.05, 0.1) is 0 Å². The predicted octanol–water partition coefficient (Wildman–Crippen LogP) is 3.92. The van der Waals surface area contributed by atoms with Gasteiger partial charge in [0.15, 0.2) is 0 Å². The lowest BCUT2D eigenvalue weighted by Crippen LogP contribution is -2.62. The molecule has 1 heterocycles. The first-order valence-corrected chi connectivity index (χ1v) is 9.09.